The van der Waals surface area contributed by atoms with Gasteiger partial charge in [-0.05, 0) is 31.2 Å². The normalized spacial score (nSPS) is 17.0. The highest BCUT2D eigenvalue weighted by atomic mass is 19.3. The Hall–Kier alpha value is -2.54. The third-order valence-corrected chi connectivity index (χ3v) is 5.25. The van der Waals surface area contributed by atoms with Gasteiger partial charge in [0.1, 0.15) is 11.6 Å². The first-order chi connectivity index (χ1) is 13.1. The zero-order chi connectivity index (χ0) is 19.0. The molecule has 0 amide bonds. The number of hydrogen-bond acceptors (Lipinski definition) is 3. The number of piperazine rings is 1. The first kappa shape index (κ1) is 17.9. The first-order valence-electron chi connectivity index (χ1n) is 9.05. The van der Waals surface area contributed by atoms with E-state index in [2.05, 4.69) is 9.88 Å². The number of alkyl halides is 2. The van der Waals surface area contributed by atoms with Crippen LogP contribution in [-0.2, 0) is 0 Å². The Morgan fingerprint density at radius 3 is 2.30 bits per heavy atom. The zero-order valence-corrected chi connectivity index (χ0v) is 15.0. The molecule has 0 bridgehead atoms. The monoisotopic (exact) mass is 374 g/mol. The van der Waals surface area contributed by atoms with E-state index < -0.39 is 6.55 Å². The maximum absolute atomic E-state index is 14.0. The van der Waals surface area contributed by atoms with E-state index >= 15 is 0 Å². The maximum atomic E-state index is 14.0. The molecule has 7 heteroatoms. The molecule has 4 nitrogen and oxygen atoms in total. The fourth-order valence-electron chi connectivity index (χ4n) is 3.78. The van der Waals surface area contributed by atoms with Gasteiger partial charge >= 0.3 is 6.55 Å². The van der Waals surface area contributed by atoms with Crippen molar-refractivity contribution in [3.8, 4) is 0 Å². The van der Waals surface area contributed by atoms with Gasteiger partial charge in [-0.2, -0.15) is 8.78 Å². The summed E-state index contributed by atoms with van der Waals surface area (Å²) in [6, 6.07) is 13.4. The number of hydrogen-bond donors (Lipinski definition) is 0. The molecule has 0 unspecified atom stereocenters. The molecule has 1 fully saturated rings. The topological polar surface area (TPSA) is 24.3 Å². The van der Waals surface area contributed by atoms with Gasteiger partial charge in [0.15, 0.2) is 0 Å². The molecule has 0 N–H and O–H groups in total. The van der Waals surface area contributed by atoms with Crippen molar-refractivity contribution in [1.29, 1.82) is 0 Å². The molecule has 3 aromatic rings. The van der Waals surface area contributed by atoms with Crippen LogP contribution in [0.2, 0.25) is 0 Å². The molecule has 1 aromatic heterocycles. The van der Waals surface area contributed by atoms with Gasteiger partial charge in [-0.25, -0.2) is 9.37 Å². The molecular weight excluding hydrogens is 353 g/mol. The number of anilines is 1. The van der Waals surface area contributed by atoms with Crippen molar-refractivity contribution >= 4 is 16.7 Å². The van der Waals surface area contributed by atoms with Crippen molar-refractivity contribution in [3.05, 3.63) is 60.2 Å². The van der Waals surface area contributed by atoms with Crippen LogP contribution in [0.25, 0.3) is 11.0 Å². The van der Waals surface area contributed by atoms with Gasteiger partial charge in [-0.15, -0.1) is 0 Å². The lowest BCUT2D eigenvalue weighted by Crippen LogP contribution is -2.47. The molecule has 4 rings (SSSR count). The molecule has 1 saturated heterocycles. The number of nitrogens with zero attached hydrogens (tertiary/aromatic N) is 4. The minimum absolute atomic E-state index is 0.238. The van der Waals surface area contributed by atoms with Gasteiger partial charge in [0, 0.05) is 26.2 Å². The highest BCUT2D eigenvalue weighted by molar-refractivity contribution is 5.76. The molecular formula is C20H21F3N4. The predicted molar refractivity (Wildman–Crippen MR) is 99.6 cm³/mol. The summed E-state index contributed by atoms with van der Waals surface area (Å²) < 4.78 is 42.4. The van der Waals surface area contributed by atoms with Crippen LogP contribution in [0.3, 0.4) is 0 Å². The smallest absolute Gasteiger partial charge is 0.320 e. The summed E-state index contributed by atoms with van der Waals surface area (Å²) in [6.07, 6.45) is 0. The second-order valence-electron chi connectivity index (χ2n) is 6.76. The number of benzene rings is 2. The van der Waals surface area contributed by atoms with Gasteiger partial charge < -0.3 is 4.90 Å². The lowest BCUT2D eigenvalue weighted by molar-refractivity contribution is 0.0641. The SMILES string of the molecule is C[C@H](c1nc2ccccc2n1C(F)F)N1CCN(c2ccccc2F)CC1. The van der Waals surface area contributed by atoms with Crippen LogP contribution in [0.4, 0.5) is 18.9 Å². The average molecular weight is 374 g/mol. The van der Waals surface area contributed by atoms with Crippen molar-refractivity contribution < 1.29 is 13.2 Å². The Bertz CT molecular complexity index is 932. The van der Waals surface area contributed by atoms with Crippen LogP contribution < -0.4 is 4.90 Å². The predicted octanol–water partition coefficient (Wildman–Crippen LogP) is 4.45. The second-order valence-corrected chi connectivity index (χ2v) is 6.76. The molecule has 2 aromatic carbocycles. The van der Waals surface area contributed by atoms with E-state index in [0.29, 0.717) is 48.7 Å². The van der Waals surface area contributed by atoms with Crippen molar-refractivity contribution in [2.45, 2.75) is 19.5 Å². The number of para-hydroxylation sites is 3. The van der Waals surface area contributed by atoms with Gasteiger partial charge in [0.2, 0.25) is 0 Å². The lowest BCUT2D eigenvalue weighted by Gasteiger charge is -2.39. The molecule has 1 atom stereocenters. The van der Waals surface area contributed by atoms with Crippen LogP contribution in [0, 0.1) is 5.82 Å². The maximum Gasteiger partial charge on any atom is 0.320 e. The highest BCUT2D eigenvalue weighted by Gasteiger charge is 2.28. The number of aromatic nitrogens is 2. The zero-order valence-electron chi connectivity index (χ0n) is 15.0. The van der Waals surface area contributed by atoms with Gasteiger partial charge in [0.25, 0.3) is 0 Å². The standard InChI is InChI=1S/C20H21F3N4/c1-14(19-24-16-7-3-5-9-18(16)27(19)20(22)23)25-10-12-26(13-11-25)17-8-4-2-6-15(17)21/h2-9,14,20H,10-13H2,1H3/t14-/m1/s1. The van der Waals surface area contributed by atoms with E-state index in [4.69, 9.17) is 0 Å². The number of halogens is 3. The van der Waals surface area contributed by atoms with Crippen LogP contribution >= 0.6 is 0 Å². The summed E-state index contributed by atoms with van der Waals surface area (Å²) in [5.41, 5.74) is 1.61. The summed E-state index contributed by atoms with van der Waals surface area (Å²) in [7, 11) is 0. The van der Waals surface area contributed by atoms with Gasteiger partial charge in [-0.3, -0.25) is 9.47 Å². The van der Waals surface area contributed by atoms with E-state index in [1.807, 2.05) is 17.9 Å². The fourth-order valence-corrected chi connectivity index (χ4v) is 3.78. The molecule has 2 heterocycles. The molecule has 142 valence electrons. The summed E-state index contributed by atoms with van der Waals surface area (Å²) in [5, 5.41) is 0. The highest BCUT2D eigenvalue weighted by Crippen LogP contribution is 2.30. The average Bonchev–Trinajstić information content (AvgIpc) is 3.08. The van der Waals surface area contributed by atoms with E-state index in [-0.39, 0.29) is 11.9 Å². The molecule has 1 aliphatic rings. The second kappa shape index (κ2) is 7.23. The van der Waals surface area contributed by atoms with Gasteiger partial charge in [0.05, 0.1) is 22.8 Å². The van der Waals surface area contributed by atoms with Crippen LogP contribution in [0.15, 0.2) is 48.5 Å². The summed E-state index contributed by atoms with van der Waals surface area (Å²) >= 11 is 0. The number of imidazole rings is 1. The Balaban J connectivity index is 1.55. The van der Waals surface area contributed by atoms with E-state index in [0.717, 1.165) is 4.57 Å². The number of fused-ring (bicyclic) bond motifs is 1. The third kappa shape index (κ3) is 3.27. The molecule has 1 aliphatic heterocycles. The van der Waals surface area contributed by atoms with E-state index in [9.17, 15) is 13.2 Å². The fraction of sp³-hybridized carbons (Fsp3) is 0.350. The van der Waals surface area contributed by atoms with Crippen LogP contribution in [-0.4, -0.2) is 40.6 Å². The van der Waals surface area contributed by atoms with E-state index in [1.165, 1.54) is 6.07 Å². The Kier molecular flexibility index (Phi) is 4.78. The Morgan fingerprint density at radius 2 is 1.59 bits per heavy atom. The van der Waals surface area contributed by atoms with Crippen LogP contribution in [0.5, 0.6) is 0 Å². The summed E-state index contributed by atoms with van der Waals surface area (Å²) in [6.45, 7) is 1.85. The minimum atomic E-state index is -2.64. The van der Waals surface area contributed by atoms with Crippen LogP contribution in [0.1, 0.15) is 25.3 Å². The first-order valence-corrected chi connectivity index (χ1v) is 9.05. The minimum Gasteiger partial charge on any atom is -0.367 e. The van der Waals surface area contributed by atoms with Gasteiger partial charge in [-0.1, -0.05) is 24.3 Å². The molecule has 0 spiro atoms. The molecule has 27 heavy (non-hydrogen) atoms. The summed E-state index contributed by atoms with van der Waals surface area (Å²) in [4.78, 5) is 8.59. The largest absolute Gasteiger partial charge is 0.367 e. The molecule has 0 radical (unpaired) electrons. The summed E-state index contributed by atoms with van der Waals surface area (Å²) in [5.74, 6) is 0.129. The Labute approximate surface area is 155 Å². The third-order valence-electron chi connectivity index (χ3n) is 5.25. The van der Waals surface area contributed by atoms with Crippen molar-refractivity contribution in [2.75, 3.05) is 31.1 Å². The Morgan fingerprint density at radius 1 is 0.926 bits per heavy atom. The van der Waals surface area contributed by atoms with Crippen molar-refractivity contribution in [3.63, 3.8) is 0 Å². The molecule has 0 aliphatic carbocycles. The number of rotatable bonds is 4. The quantitative estimate of drug-likeness (QED) is 0.674. The molecule has 0 saturated carbocycles. The van der Waals surface area contributed by atoms with Crippen molar-refractivity contribution in [1.82, 2.24) is 14.5 Å². The van der Waals surface area contributed by atoms with E-state index in [1.54, 1.807) is 36.4 Å². The lowest BCUT2D eigenvalue weighted by atomic mass is 10.2. The van der Waals surface area contributed by atoms with Crippen molar-refractivity contribution in [2.24, 2.45) is 0 Å².